The quantitative estimate of drug-likeness (QED) is 0.746. The molecule has 7 heteroatoms. The first-order valence-electron chi connectivity index (χ1n) is 9.83. The number of likely N-dealkylation sites (tertiary alicyclic amines) is 1. The van der Waals surface area contributed by atoms with E-state index in [1.165, 1.54) is 0 Å². The molecule has 2 saturated heterocycles. The number of carbonyl (C=O) groups is 1. The zero-order valence-corrected chi connectivity index (χ0v) is 16.1. The van der Waals surface area contributed by atoms with Gasteiger partial charge in [-0.1, -0.05) is 0 Å². The van der Waals surface area contributed by atoms with Crippen LogP contribution in [0.4, 0.5) is 5.95 Å². The molecule has 2 fully saturated rings. The van der Waals surface area contributed by atoms with E-state index < -0.39 is 0 Å². The summed E-state index contributed by atoms with van der Waals surface area (Å²) in [5.41, 5.74) is 0. The molecular formula is C19H32N6O. The van der Waals surface area contributed by atoms with Crippen molar-refractivity contribution < 1.29 is 4.79 Å². The van der Waals surface area contributed by atoms with Crippen molar-refractivity contribution in [2.75, 3.05) is 51.7 Å². The number of amides is 1. The average molecular weight is 361 g/mol. The predicted molar refractivity (Wildman–Crippen MR) is 103 cm³/mol. The smallest absolute Gasteiger partial charge is 0.225 e. The van der Waals surface area contributed by atoms with Gasteiger partial charge in [0.15, 0.2) is 0 Å². The molecule has 0 saturated carbocycles. The lowest BCUT2D eigenvalue weighted by Crippen LogP contribution is -2.44. The topological polar surface area (TPSA) is 64.6 Å². The lowest BCUT2D eigenvalue weighted by atomic mass is 10.0. The summed E-state index contributed by atoms with van der Waals surface area (Å²) >= 11 is 0. The van der Waals surface area contributed by atoms with Crippen molar-refractivity contribution >= 4 is 11.9 Å². The molecule has 0 spiro atoms. The van der Waals surface area contributed by atoms with E-state index in [1.807, 2.05) is 6.07 Å². The average Bonchev–Trinajstić information content (AvgIpc) is 3.01. The van der Waals surface area contributed by atoms with Gasteiger partial charge >= 0.3 is 0 Å². The zero-order chi connectivity index (χ0) is 18.4. The van der Waals surface area contributed by atoms with E-state index in [0.717, 1.165) is 64.4 Å². The summed E-state index contributed by atoms with van der Waals surface area (Å²) in [5.74, 6) is 1.17. The van der Waals surface area contributed by atoms with E-state index >= 15 is 0 Å². The molecule has 3 rings (SSSR count). The molecule has 0 aliphatic carbocycles. The Balaban J connectivity index is 1.37. The number of carbonyl (C=O) groups excluding carboxylic acids is 1. The van der Waals surface area contributed by atoms with Crippen molar-refractivity contribution in [3.05, 3.63) is 18.5 Å². The van der Waals surface area contributed by atoms with Gasteiger partial charge in [-0.25, -0.2) is 9.97 Å². The molecule has 0 radical (unpaired) electrons. The Morgan fingerprint density at radius 2 is 1.92 bits per heavy atom. The van der Waals surface area contributed by atoms with Gasteiger partial charge in [0.1, 0.15) is 0 Å². The molecule has 3 heterocycles. The van der Waals surface area contributed by atoms with E-state index in [1.54, 1.807) is 12.4 Å². The first-order chi connectivity index (χ1) is 12.6. The van der Waals surface area contributed by atoms with E-state index in [2.05, 4.69) is 44.1 Å². The first-order valence-corrected chi connectivity index (χ1v) is 9.83. The van der Waals surface area contributed by atoms with E-state index in [4.69, 9.17) is 0 Å². The molecule has 1 atom stereocenters. The van der Waals surface area contributed by atoms with Gasteiger partial charge < -0.3 is 20.0 Å². The molecule has 0 bridgehead atoms. The fourth-order valence-electron chi connectivity index (χ4n) is 3.90. The van der Waals surface area contributed by atoms with Crippen molar-refractivity contribution in [2.45, 2.75) is 44.2 Å². The summed E-state index contributed by atoms with van der Waals surface area (Å²) in [7, 11) is 4.12. The highest BCUT2D eigenvalue weighted by atomic mass is 16.2. The summed E-state index contributed by atoms with van der Waals surface area (Å²) < 4.78 is 0. The lowest BCUT2D eigenvalue weighted by molar-refractivity contribution is -0.129. The second-order valence-corrected chi connectivity index (χ2v) is 7.64. The van der Waals surface area contributed by atoms with Gasteiger partial charge in [-0.2, -0.15) is 0 Å². The van der Waals surface area contributed by atoms with Crippen LogP contribution in [-0.4, -0.2) is 84.6 Å². The van der Waals surface area contributed by atoms with Gasteiger partial charge in [-0.15, -0.1) is 0 Å². The van der Waals surface area contributed by atoms with Crippen molar-refractivity contribution in [3.63, 3.8) is 0 Å². The third kappa shape index (κ3) is 5.14. The van der Waals surface area contributed by atoms with Crippen molar-refractivity contribution in [1.29, 1.82) is 0 Å². The summed E-state index contributed by atoms with van der Waals surface area (Å²) in [5, 5.41) is 3.70. The summed E-state index contributed by atoms with van der Waals surface area (Å²) in [6.45, 7) is 4.78. The standard InChI is InChI=1S/C19H32N6O/c1-23(2)14-15-25-17(4-5-18(25)26)6-11-20-16-7-12-24(13-8-16)19-21-9-3-10-22-19/h3,9-10,16-17,20H,4-8,11-15H2,1-2H3. The molecule has 26 heavy (non-hydrogen) atoms. The number of rotatable bonds is 8. The van der Waals surface area contributed by atoms with Crippen LogP contribution in [0.25, 0.3) is 0 Å². The number of likely N-dealkylation sites (N-methyl/N-ethyl adjacent to an activating group) is 1. The molecule has 1 aromatic heterocycles. The van der Waals surface area contributed by atoms with Crippen LogP contribution >= 0.6 is 0 Å². The van der Waals surface area contributed by atoms with Crippen LogP contribution in [0.3, 0.4) is 0 Å². The maximum atomic E-state index is 12.1. The van der Waals surface area contributed by atoms with Gasteiger partial charge in [0.05, 0.1) is 0 Å². The van der Waals surface area contributed by atoms with E-state index in [-0.39, 0.29) is 0 Å². The second-order valence-electron chi connectivity index (χ2n) is 7.64. The molecule has 1 unspecified atom stereocenters. The zero-order valence-electron chi connectivity index (χ0n) is 16.1. The van der Waals surface area contributed by atoms with Crippen LogP contribution in [0, 0.1) is 0 Å². The number of aromatic nitrogens is 2. The minimum absolute atomic E-state index is 0.327. The Morgan fingerprint density at radius 1 is 1.19 bits per heavy atom. The third-order valence-electron chi connectivity index (χ3n) is 5.48. The molecule has 1 amide bonds. The summed E-state index contributed by atoms with van der Waals surface area (Å²) in [6, 6.07) is 2.82. The van der Waals surface area contributed by atoms with Crippen molar-refractivity contribution in [3.8, 4) is 0 Å². The molecule has 1 N–H and O–H groups in total. The molecule has 2 aliphatic heterocycles. The third-order valence-corrected chi connectivity index (χ3v) is 5.48. The highest BCUT2D eigenvalue weighted by molar-refractivity contribution is 5.78. The lowest BCUT2D eigenvalue weighted by Gasteiger charge is -2.33. The molecule has 144 valence electrons. The van der Waals surface area contributed by atoms with E-state index in [9.17, 15) is 4.79 Å². The molecular weight excluding hydrogens is 328 g/mol. The van der Waals surface area contributed by atoms with Gasteiger partial charge in [0.25, 0.3) is 0 Å². The molecule has 0 aromatic carbocycles. The minimum Gasteiger partial charge on any atom is -0.341 e. The Morgan fingerprint density at radius 3 is 2.62 bits per heavy atom. The highest BCUT2D eigenvalue weighted by Gasteiger charge is 2.30. The van der Waals surface area contributed by atoms with Crippen LogP contribution < -0.4 is 10.2 Å². The molecule has 1 aromatic rings. The van der Waals surface area contributed by atoms with Crippen molar-refractivity contribution in [2.24, 2.45) is 0 Å². The highest BCUT2D eigenvalue weighted by Crippen LogP contribution is 2.21. The fraction of sp³-hybridized carbons (Fsp3) is 0.737. The van der Waals surface area contributed by atoms with Crippen LogP contribution in [0.2, 0.25) is 0 Å². The van der Waals surface area contributed by atoms with Crippen LogP contribution in [-0.2, 0) is 4.79 Å². The van der Waals surface area contributed by atoms with Crippen LogP contribution in [0.5, 0.6) is 0 Å². The van der Waals surface area contributed by atoms with Gasteiger partial charge in [0, 0.05) is 57.1 Å². The SMILES string of the molecule is CN(C)CCN1C(=O)CCC1CCNC1CCN(c2ncccn2)CC1. The monoisotopic (exact) mass is 360 g/mol. The maximum Gasteiger partial charge on any atom is 0.225 e. The summed E-state index contributed by atoms with van der Waals surface area (Å²) in [6.07, 6.45) is 8.63. The fourth-order valence-corrected chi connectivity index (χ4v) is 3.90. The predicted octanol–water partition coefficient (Wildman–Crippen LogP) is 0.978. The van der Waals surface area contributed by atoms with Crippen LogP contribution in [0.1, 0.15) is 32.1 Å². The minimum atomic E-state index is 0.327. The number of hydrogen-bond donors (Lipinski definition) is 1. The molecule has 2 aliphatic rings. The maximum absolute atomic E-state index is 12.1. The molecule has 7 nitrogen and oxygen atoms in total. The second kappa shape index (κ2) is 9.28. The summed E-state index contributed by atoms with van der Waals surface area (Å²) in [4.78, 5) is 27.3. The number of nitrogens with one attached hydrogen (secondary N) is 1. The number of anilines is 1. The van der Waals surface area contributed by atoms with E-state index in [0.29, 0.717) is 24.4 Å². The number of hydrogen-bond acceptors (Lipinski definition) is 6. The Hall–Kier alpha value is -1.73. The Bertz CT molecular complexity index is 558. The number of nitrogens with zero attached hydrogens (tertiary/aromatic N) is 5. The Labute approximate surface area is 156 Å². The number of piperidine rings is 1. The van der Waals surface area contributed by atoms with Crippen molar-refractivity contribution in [1.82, 2.24) is 25.1 Å². The first kappa shape index (κ1) is 19.0. The largest absolute Gasteiger partial charge is 0.341 e. The Kier molecular flexibility index (Phi) is 6.80. The van der Waals surface area contributed by atoms with Gasteiger partial charge in [-0.3, -0.25) is 4.79 Å². The van der Waals surface area contributed by atoms with Gasteiger partial charge in [-0.05, 0) is 52.4 Å². The normalized spacial score (nSPS) is 21.8. The van der Waals surface area contributed by atoms with Gasteiger partial charge in [0.2, 0.25) is 11.9 Å². The van der Waals surface area contributed by atoms with Crippen LogP contribution in [0.15, 0.2) is 18.5 Å².